The Morgan fingerprint density at radius 3 is 2.50 bits per heavy atom. The first-order chi connectivity index (χ1) is 16.5. The molecule has 2 fully saturated rings. The molecule has 2 atom stereocenters. The molecule has 6 nitrogen and oxygen atoms in total. The summed E-state index contributed by atoms with van der Waals surface area (Å²) in [6.45, 7) is 9.16. The SMILES string of the molecule is C[C@@H]1CN(Cc2ccc(-c3cccnc3N3CCC(Nc4ccc(F)cc4)CC3)o2)C[C@H](C)N1. The lowest BCUT2D eigenvalue weighted by molar-refractivity contribution is 0.157. The van der Waals surface area contributed by atoms with Gasteiger partial charge in [-0.1, -0.05) is 0 Å². The molecule has 5 rings (SSSR count). The lowest BCUT2D eigenvalue weighted by Crippen LogP contribution is -2.53. The van der Waals surface area contributed by atoms with Crippen LogP contribution in [0, 0.1) is 5.82 Å². The summed E-state index contributed by atoms with van der Waals surface area (Å²) in [6.07, 6.45) is 3.85. The van der Waals surface area contributed by atoms with E-state index in [-0.39, 0.29) is 5.82 Å². The van der Waals surface area contributed by atoms with E-state index in [1.165, 1.54) is 12.1 Å². The molecule has 0 aliphatic carbocycles. The number of benzene rings is 1. The van der Waals surface area contributed by atoms with Crippen molar-refractivity contribution in [1.29, 1.82) is 0 Å². The Hall–Kier alpha value is -2.90. The highest BCUT2D eigenvalue weighted by Crippen LogP contribution is 2.32. The molecule has 0 amide bonds. The van der Waals surface area contributed by atoms with Crippen LogP contribution in [0.1, 0.15) is 32.4 Å². The maximum Gasteiger partial charge on any atom is 0.139 e. The van der Waals surface area contributed by atoms with Gasteiger partial charge in [-0.15, -0.1) is 0 Å². The van der Waals surface area contributed by atoms with Gasteiger partial charge in [-0.05, 0) is 75.2 Å². The number of nitrogens with one attached hydrogen (secondary N) is 2. The van der Waals surface area contributed by atoms with Crippen molar-refractivity contribution in [2.24, 2.45) is 0 Å². The van der Waals surface area contributed by atoms with Crippen molar-refractivity contribution in [3.63, 3.8) is 0 Å². The van der Waals surface area contributed by atoms with Crippen LogP contribution in [0.5, 0.6) is 0 Å². The van der Waals surface area contributed by atoms with Gasteiger partial charge < -0.3 is 20.0 Å². The van der Waals surface area contributed by atoms with Gasteiger partial charge >= 0.3 is 0 Å². The Bertz CT molecular complexity index is 1070. The fraction of sp³-hybridized carbons (Fsp3) is 0.444. The maximum absolute atomic E-state index is 13.2. The zero-order valence-corrected chi connectivity index (χ0v) is 20.0. The normalized spacial score (nSPS) is 22.1. The minimum absolute atomic E-state index is 0.207. The number of anilines is 2. The van der Waals surface area contributed by atoms with Crippen molar-refractivity contribution >= 4 is 11.5 Å². The van der Waals surface area contributed by atoms with Crippen LogP contribution < -0.4 is 15.5 Å². The van der Waals surface area contributed by atoms with E-state index in [2.05, 4.69) is 52.5 Å². The van der Waals surface area contributed by atoms with Gasteiger partial charge in [0.1, 0.15) is 23.2 Å². The summed E-state index contributed by atoms with van der Waals surface area (Å²) in [5.41, 5.74) is 2.01. The molecule has 34 heavy (non-hydrogen) atoms. The standard InChI is InChI=1S/C27H34FN5O/c1-19-16-32(17-20(2)30-19)18-24-9-10-26(34-24)25-4-3-13-29-27(25)33-14-11-23(12-15-33)31-22-7-5-21(28)6-8-22/h3-10,13,19-20,23,30-31H,11-12,14-18H2,1-2H3/t19-,20+. The Morgan fingerprint density at radius 1 is 1.03 bits per heavy atom. The summed E-state index contributed by atoms with van der Waals surface area (Å²) in [6, 6.07) is 16.2. The van der Waals surface area contributed by atoms with Crippen LogP contribution in [0.2, 0.25) is 0 Å². The minimum Gasteiger partial charge on any atom is -0.460 e. The molecule has 0 radical (unpaired) electrons. The molecule has 0 saturated carbocycles. The fourth-order valence-electron chi connectivity index (χ4n) is 5.26. The van der Waals surface area contributed by atoms with Crippen molar-refractivity contribution in [2.45, 2.75) is 51.4 Å². The van der Waals surface area contributed by atoms with Gasteiger partial charge in [0.05, 0.1) is 12.1 Å². The highest BCUT2D eigenvalue weighted by atomic mass is 19.1. The van der Waals surface area contributed by atoms with Crippen molar-refractivity contribution in [2.75, 3.05) is 36.4 Å². The molecule has 3 aromatic rings. The molecular weight excluding hydrogens is 429 g/mol. The van der Waals surface area contributed by atoms with Crippen molar-refractivity contribution < 1.29 is 8.81 Å². The van der Waals surface area contributed by atoms with Gasteiger partial charge in [-0.25, -0.2) is 9.37 Å². The molecule has 1 aromatic carbocycles. The summed E-state index contributed by atoms with van der Waals surface area (Å²) in [5.74, 6) is 2.64. The highest BCUT2D eigenvalue weighted by Gasteiger charge is 2.24. The summed E-state index contributed by atoms with van der Waals surface area (Å²) < 4.78 is 19.5. The first-order valence-electron chi connectivity index (χ1n) is 12.3. The monoisotopic (exact) mass is 463 g/mol. The van der Waals surface area contributed by atoms with E-state index in [1.807, 2.05) is 12.3 Å². The number of hydrogen-bond donors (Lipinski definition) is 2. The maximum atomic E-state index is 13.2. The van der Waals surface area contributed by atoms with Crippen LogP contribution in [0.3, 0.4) is 0 Å². The molecular formula is C27H34FN5O. The summed E-state index contributed by atoms with van der Waals surface area (Å²) in [5, 5.41) is 7.12. The number of pyridine rings is 1. The van der Waals surface area contributed by atoms with Gasteiger partial charge in [0.25, 0.3) is 0 Å². The molecule has 0 unspecified atom stereocenters. The molecule has 7 heteroatoms. The third kappa shape index (κ3) is 5.42. The molecule has 0 spiro atoms. The lowest BCUT2D eigenvalue weighted by Gasteiger charge is -2.35. The van der Waals surface area contributed by atoms with E-state index in [1.54, 1.807) is 12.1 Å². The summed E-state index contributed by atoms with van der Waals surface area (Å²) in [4.78, 5) is 9.53. The van der Waals surface area contributed by atoms with Crippen LogP contribution in [0.15, 0.2) is 59.1 Å². The first kappa shape index (κ1) is 22.9. The number of nitrogens with zero attached hydrogens (tertiary/aromatic N) is 3. The zero-order chi connectivity index (χ0) is 23.5. The van der Waals surface area contributed by atoms with E-state index in [4.69, 9.17) is 9.40 Å². The van der Waals surface area contributed by atoms with Gasteiger partial charge in [-0.3, -0.25) is 4.90 Å². The second kappa shape index (κ2) is 10.2. The Kier molecular flexibility index (Phi) is 6.83. The number of aromatic nitrogens is 1. The molecule has 2 aliphatic rings. The van der Waals surface area contributed by atoms with E-state index in [9.17, 15) is 4.39 Å². The molecule has 2 N–H and O–H groups in total. The van der Waals surface area contributed by atoms with Crippen LogP contribution >= 0.6 is 0 Å². The molecule has 180 valence electrons. The number of hydrogen-bond acceptors (Lipinski definition) is 6. The Morgan fingerprint density at radius 2 is 1.76 bits per heavy atom. The topological polar surface area (TPSA) is 56.6 Å². The Balaban J connectivity index is 1.23. The van der Waals surface area contributed by atoms with E-state index in [0.29, 0.717) is 18.1 Å². The third-order valence-corrected chi connectivity index (χ3v) is 6.74. The van der Waals surface area contributed by atoms with Crippen LogP contribution in [0.4, 0.5) is 15.9 Å². The molecule has 4 heterocycles. The lowest BCUT2D eigenvalue weighted by atomic mass is 10.0. The predicted octanol–water partition coefficient (Wildman–Crippen LogP) is 4.74. The predicted molar refractivity (Wildman–Crippen MR) is 135 cm³/mol. The quantitative estimate of drug-likeness (QED) is 0.551. The second-order valence-corrected chi connectivity index (χ2v) is 9.72. The molecule has 2 saturated heterocycles. The van der Waals surface area contributed by atoms with E-state index >= 15 is 0 Å². The highest BCUT2D eigenvalue weighted by molar-refractivity contribution is 5.72. The number of piperidine rings is 1. The van der Waals surface area contributed by atoms with E-state index in [0.717, 1.165) is 74.2 Å². The zero-order valence-electron chi connectivity index (χ0n) is 20.0. The number of piperazine rings is 1. The molecule has 2 aliphatic heterocycles. The van der Waals surface area contributed by atoms with Crippen molar-refractivity contribution in [1.82, 2.24) is 15.2 Å². The average molecular weight is 464 g/mol. The third-order valence-electron chi connectivity index (χ3n) is 6.74. The van der Waals surface area contributed by atoms with Crippen LogP contribution in [0.25, 0.3) is 11.3 Å². The van der Waals surface area contributed by atoms with Gasteiger partial charge in [0.2, 0.25) is 0 Å². The van der Waals surface area contributed by atoms with Crippen molar-refractivity contribution in [3.05, 3.63) is 66.3 Å². The van der Waals surface area contributed by atoms with Gasteiger partial charge in [0, 0.05) is 56.2 Å². The van der Waals surface area contributed by atoms with E-state index < -0.39 is 0 Å². The van der Waals surface area contributed by atoms with Crippen molar-refractivity contribution in [3.8, 4) is 11.3 Å². The molecule has 0 bridgehead atoms. The summed E-state index contributed by atoms with van der Waals surface area (Å²) in [7, 11) is 0. The number of furan rings is 1. The Labute approximate surface area is 201 Å². The largest absolute Gasteiger partial charge is 0.460 e. The van der Waals surface area contributed by atoms with Gasteiger partial charge in [-0.2, -0.15) is 0 Å². The van der Waals surface area contributed by atoms with Crippen LogP contribution in [-0.2, 0) is 6.54 Å². The molecule has 2 aromatic heterocycles. The smallest absolute Gasteiger partial charge is 0.139 e. The first-order valence-corrected chi connectivity index (χ1v) is 12.3. The number of halogens is 1. The number of rotatable bonds is 6. The summed E-state index contributed by atoms with van der Waals surface area (Å²) >= 11 is 0. The second-order valence-electron chi connectivity index (χ2n) is 9.72. The fourth-order valence-corrected chi connectivity index (χ4v) is 5.26. The minimum atomic E-state index is -0.207. The van der Waals surface area contributed by atoms with Crippen LogP contribution in [-0.4, -0.2) is 54.2 Å². The van der Waals surface area contributed by atoms with Gasteiger partial charge in [0.15, 0.2) is 0 Å². The average Bonchev–Trinajstić information content (AvgIpc) is 3.29.